The van der Waals surface area contributed by atoms with E-state index in [0.717, 1.165) is 22.1 Å². The number of hydrogen-bond donors (Lipinski definition) is 1. The minimum atomic E-state index is 0.449. The van der Waals surface area contributed by atoms with Crippen LogP contribution in [0, 0.1) is 16.6 Å². The second-order valence-corrected chi connectivity index (χ2v) is 5.83. The molecule has 0 amide bonds. The fourth-order valence-electron chi connectivity index (χ4n) is 3.02. The van der Waals surface area contributed by atoms with Gasteiger partial charge < -0.3 is 0 Å². The van der Waals surface area contributed by atoms with Crippen molar-refractivity contribution in [3.63, 3.8) is 0 Å². The van der Waals surface area contributed by atoms with E-state index in [1.165, 1.54) is 12.8 Å². The van der Waals surface area contributed by atoms with Gasteiger partial charge >= 0.3 is 0 Å². The quantitative estimate of drug-likeness (QED) is 0.851. The predicted octanol–water partition coefficient (Wildman–Crippen LogP) is 3.61. The number of hydrogen-bond acceptors (Lipinski definition) is 3. The highest BCUT2D eigenvalue weighted by Gasteiger charge is 2.33. The number of H-pyrrole nitrogens is 1. The van der Waals surface area contributed by atoms with E-state index in [4.69, 9.17) is 12.2 Å². The third-order valence-electron chi connectivity index (χ3n) is 4.40. The van der Waals surface area contributed by atoms with Gasteiger partial charge in [0.1, 0.15) is 0 Å². The average Bonchev–Trinajstić information content (AvgIpc) is 2.95. The van der Waals surface area contributed by atoms with Crippen LogP contribution in [0.5, 0.6) is 0 Å². The molecule has 3 atom stereocenters. The van der Waals surface area contributed by atoms with E-state index >= 15 is 0 Å². The van der Waals surface area contributed by atoms with Crippen LogP contribution in [0.25, 0.3) is 11.4 Å². The van der Waals surface area contributed by atoms with Crippen LogP contribution in [0.2, 0.25) is 0 Å². The van der Waals surface area contributed by atoms with Gasteiger partial charge in [-0.05, 0) is 49.0 Å². The Morgan fingerprint density at radius 3 is 2.63 bits per heavy atom. The van der Waals surface area contributed by atoms with E-state index in [0.29, 0.717) is 12.0 Å². The highest BCUT2D eigenvalue weighted by atomic mass is 32.1. The molecule has 4 nitrogen and oxygen atoms in total. The van der Waals surface area contributed by atoms with Crippen LogP contribution >= 0.6 is 12.2 Å². The summed E-state index contributed by atoms with van der Waals surface area (Å²) in [7, 11) is 0. The summed E-state index contributed by atoms with van der Waals surface area (Å²) in [5.41, 5.74) is 1.06. The first-order chi connectivity index (χ1) is 9.18. The van der Waals surface area contributed by atoms with Crippen molar-refractivity contribution in [3.05, 3.63) is 29.3 Å². The van der Waals surface area contributed by atoms with Crippen molar-refractivity contribution < 1.29 is 0 Å². The number of nitrogens with zero attached hydrogens (tertiary/aromatic N) is 3. The minimum Gasteiger partial charge on any atom is -0.297 e. The smallest absolute Gasteiger partial charge is 0.195 e. The Labute approximate surface area is 117 Å². The largest absolute Gasteiger partial charge is 0.297 e. The first kappa shape index (κ1) is 12.5. The molecule has 1 aliphatic carbocycles. The zero-order valence-electron chi connectivity index (χ0n) is 11.2. The van der Waals surface area contributed by atoms with E-state index in [9.17, 15) is 0 Å². The highest BCUT2D eigenvalue weighted by Crippen LogP contribution is 2.41. The third kappa shape index (κ3) is 2.12. The summed E-state index contributed by atoms with van der Waals surface area (Å²) in [5, 5.41) is 7.35. The first-order valence-electron chi connectivity index (χ1n) is 6.76. The summed E-state index contributed by atoms with van der Waals surface area (Å²) >= 11 is 5.43. The monoisotopic (exact) mass is 274 g/mol. The number of aromatic nitrogens is 4. The van der Waals surface area contributed by atoms with Gasteiger partial charge in [0.15, 0.2) is 10.6 Å². The number of rotatable bonds is 2. The Morgan fingerprint density at radius 1 is 1.26 bits per heavy atom. The number of nitrogens with one attached hydrogen (secondary N) is 1. The molecule has 0 bridgehead atoms. The number of pyridine rings is 1. The van der Waals surface area contributed by atoms with Crippen LogP contribution in [-0.4, -0.2) is 19.7 Å². The van der Waals surface area contributed by atoms with Gasteiger partial charge in [-0.15, -0.1) is 0 Å². The van der Waals surface area contributed by atoms with E-state index in [2.05, 4.69) is 33.6 Å². The molecule has 2 heterocycles. The van der Waals surface area contributed by atoms with Crippen LogP contribution in [0.1, 0.15) is 32.7 Å². The van der Waals surface area contributed by atoms with Crippen molar-refractivity contribution in [2.75, 3.05) is 0 Å². The minimum absolute atomic E-state index is 0.449. The van der Waals surface area contributed by atoms with Crippen molar-refractivity contribution >= 4 is 12.2 Å². The Balaban J connectivity index is 2.08. The zero-order valence-corrected chi connectivity index (χ0v) is 12.0. The standard InChI is InChI=1S/C14H18N4S/c1-9-3-4-12(10(9)2)18-13(16-17-14(18)19)11-5-7-15-8-6-11/h5-10,12H,3-4H2,1-2H3,(H,17,19). The van der Waals surface area contributed by atoms with E-state index < -0.39 is 0 Å². The molecule has 0 aliphatic heterocycles. The molecule has 3 unspecified atom stereocenters. The molecule has 0 aromatic carbocycles. The lowest BCUT2D eigenvalue weighted by atomic mass is 9.97. The van der Waals surface area contributed by atoms with Crippen molar-refractivity contribution in [1.82, 2.24) is 19.7 Å². The fraction of sp³-hybridized carbons (Fsp3) is 0.500. The van der Waals surface area contributed by atoms with Crippen molar-refractivity contribution in [1.29, 1.82) is 0 Å². The fourth-order valence-corrected chi connectivity index (χ4v) is 3.29. The van der Waals surface area contributed by atoms with Crippen LogP contribution in [0.15, 0.2) is 24.5 Å². The molecular weight excluding hydrogens is 256 g/mol. The van der Waals surface area contributed by atoms with Gasteiger partial charge in [-0.1, -0.05) is 13.8 Å². The summed E-state index contributed by atoms with van der Waals surface area (Å²) in [6.07, 6.45) is 6.01. The van der Waals surface area contributed by atoms with E-state index in [1.54, 1.807) is 12.4 Å². The van der Waals surface area contributed by atoms with Crippen LogP contribution in [-0.2, 0) is 0 Å². The molecule has 0 saturated heterocycles. The second kappa shape index (κ2) is 4.89. The molecule has 0 radical (unpaired) electrons. The maximum absolute atomic E-state index is 5.43. The van der Waals surface area contributed by atoms with Gasteiger partial charge in [0.05, 0.1) is 0 Å². The molecular formula is C14H18N4S. The van der Waals surface area contributed by atoms with Gasteiger partial charge in [-0.3, -0.25) is 14.6 Å². The van der Waals surface area contributed by atoms with Crippen molar-refractivity contribution in [2.24, 2.45) is 11.8 Å². The normalized spacial score (nSPS) is 26.7. The summed E-state index contributed by atoms with van der Waals surface area (Å²) in [6, 6.07) is 4.40. The topological polar surface area (TPSA) is 46.5 Å². The molecule has 1 aliphatic rings. The van der Waals surface area contributed by atoms with Gasteiger partial charge in [0.2, 0.25) is 0 Å². The van der Waals surface area contributed by atoms with Crippen LogP contribution in [0.3, 0.4) is 0 Å². The van der Waals surface area contributed by atoms with E-state index in [1.807, 2.05) is 12.1 Å². The average molecular weight is 274 g/mol. The summed E-state index contributed by atoms with van der Waals surface area (Å²) in [4.78, 5) is 4.06. The lowest BCUT2D eigenvalue weighted by Crippen LogP contribution is -2.15. The summed E-state index contributed by atoms with van der Waals surface area (Å²) < 4.78 is 2.91. The van der Waals surface area contributed by atoms with Gasteiger partial charge in [-0.25, -0.2) is 0 Å². The molecule has 0 spiro atoms. The SMILES string of the molecule is CC1CCC(n2c(-c3ccncc3)n[nH]c2=S)C1C. The lowest BCUT2D eigenvalue weighted by Gasteiger charge is -2.21. The first-order valence-corrected chi connectivity index (χ1v) is 7.16. The van der Waals surface area contributed by atoms with Gasteiger partial charge in [0.25, 0.3) is 0 Å². The molecule has 2 aromatic rings. The molecule has 1 saturated carbocycles. The highest BCUT2D eigenvalue weighted by molar-refractivity contribution is 7.71. The van der Waals surface area contributed by atoms with Gasteiger partial charge in [0, 0.05) is 24.0 Å². The maximum Gasteiger partial charge on any atom is 0.195 e. The van der Waals surface area contributed by atoms with Crippen LogP contribution < -0.4 is 0 Å². The van der Waals surface area contributed by atoms with Gasteiger partial charge in [-0.2, -0.15) is 5.10 Å². The number of aromatic amines is 1. The lowest BCUT2D eigenvalue weighted by molar-refractivity contribution is 0.352. The molecule has 3 rings (SSSR count). The predicted molar refractivity (Wildman–Crippen MR) is 77.2 cm³/mol. The molecule has 1 N–H and O–H groups in total. The Bertz CT molecular complexity index is 616. The maximum atomic E-state index is 5.43. The Hall–Kier alpha value is -1.49. The molecule has 100 valence electrons. The van der Waals surface area contributed by atoms with Crippen molar-refractivity contribution in [3.8, 4) is 11.4 Å². The molecule has 5 heteroatoms. The Morgan fingerprint density at radius 2 is 2.00 bits per heavy atom. The second-order valence-electron chi connectivity index (χ2n) is 5.44. The Kier molecular flexibility index (Phi) is 3.22. The molecule has 2 aromatic heterocycles. The van der Waals surface area contributed by atoms with Crippen molar-refractivity contribution in [2.45, 2.75) is 32.7 Å². The third-order valence-corrected chi connectivity index (χ3v) is 4.68. The van der Waals surface area contributed by atoms with E-state index in [-0.39, 0.29) is 0 Å². The molecule has 19 heavy (non-hydrogen) atoms. The molecule has 1 fully saturated rings. The van der Waals surface area contributed by atoms with Crippen LogP contribution in [0.4, 0.5) is 0 Å². The summed E-state index contributed by atoms with van der Waals surface area (Å²) in [6.45, 7) is 4.63. The summed E-state index contributed by atoms with van der Waals surface area (Å²) in [5.74, 6) is 2.30. The zero-order chi connectivity index (χ0) is 13.4.